The van der Waals surface area contributed by atoms with Crippen LogP contribution in [0.4, 0.5) is 27.6 Å². The highest BCUT2D eigenvalue weighted by molar-refractivity contribution is 5.99. The van der Waals surface area contributed by atoms with Crippen molar-refractivity contribution in [3.05, 3.63) is 83.2 Å². The average Bonchev–Trinajstić information content (AvgIpc) is 3.81. The molecule has 53 heavy (non-hydrogen) atoms. The van der Waals surface area contributed by atoms with Crippen molar-refractivity contribution in [1.82, 2.24) is 25.9 Å². The van der Waals surface area contributed by atoms with Gasteiger partial charge in [-0.05, 0) is 111 Å². The molecule has 3 aromatic carbocycles. The van der Waals surface area contributed by atoms with Crippen LogP contribution in [0, 0.1) is 18.8 Å². The van der Waals surface area contributed by atoms with Gasteiger partial charge in [0.1, 0.15) is 6.04 Å². The number of rotatable bonds is 11. The minimum atomic E-state index is -5.85. The number of hydrogen-bond donors (Lipinski definition) is 6. The quantitative estimate of drug-likeness (QED) is 0.108. The van der Waals surface area contributed by atoms with Crippen molar-refractivity contribution < 1.29 is 36.3 Å². The van der Waals surface area contributed by atoms with E-state index in [0.717, 1.165) is 54.6 Å². The van der Waals surface area contributed by atoms with E-state index in [9.17, 15) is 36.3 Å². The van der Waals surface area contributed by atoms with Gasteiger partial charge in [0, 0.05) is 36.2 Å². The van der Waals surface area contributed by atoms with E-state index in [1.165, 1.54) is 18.2 Å². The number of carbonyl (C=O) groups is 3. The van der Waals surface area contributed by atoms with Gasteiger partial charge in [-0.2, -0.15) is 22.0 Å². The normalized spacial score (nSPS) is 19.9. The van der Waals surface area contributed by atoms with Gasteiger partial charge in [0.05, 0.1) is 11.0 Å². The number of aromatic amines is 1. The minimum absolute atomic E-state index is 0.104. The zero-order valence-corrected chi connectivity index (χ0v) is 29.1. The Balaban J connectivity index is 1.18. The number of aromatic nitrogens is 2. The van der Waals surface area contributed by atoms with E-state index in [2.05, 4.69) is 26.3 Å². The molecule has 7 N–H and O–H groups in total. The van der Waals surface area contributed by atoms with Crippen LogP contribution in [0.3, 0.4) is 0 Å². The van der Waals surface area contributed by atoms with Gasteiger partial charge < -0.3 is 32.0 Å². The number of benzene rings is 3. The molecular formula is C38H42F5N7O3. The highest BCUT2D eigenvalue weighted by Gasteiger charge is 2.61. The van der Waals surface area contributed by atoms with Crippen LogP contribution in [-0.4, -0.2) is 65.6 Å². The molecule has 0 spiro atoms. The fraction of sp³-hybridized carbons (Fsp3) is 0.421. The number of nitrogens with one attached hydrogen (secondary N) is 5. The van der Waals surface area contributed by atoms with Gasteiger partial charge in [-0.15, -0.1) is 0 Å². The average molecular weight is 740 g/mol. The van der Waals surface area contributed by atoms with E-state index >= 15 is 0 Å². The number of hydrogen-bond acceptors (Lipinski definition) is 6. The van der Waals surface area contributed by atoms with Crippen LogP contribution in [0.25, 0.3) is 22.2 Å². The van der Waals surface area contributed by atoms with Crippen molar-refractivity contribution in [2.75, 3.05) is 25.0 Å². The Morgan fingerprint density at radius 1 is 0.943 bits per heavy atom. The summed E-state index contributed by atoms with van der Waals surface area (Å²) in [4.78, 5) is 45.3. The summed E-state index contributed by atoms with van der Waals surface area (Å²) in [6.45, 7) is 4.09. The molecule has 2 aliphatic rings. The maximum absolute atomic E-state index is 13.9. The molecule has 15 heteroatoms. The topological polar surface area (TPSA) is 154 Å². The first-order valence-corrected chi connectivity index (χ1v) is 17.7. The summed E-state index contributed by atoms with van der Waals surface area (Å²) in [6, 6.07) is 15.8. The van der Waals surface area contributed by atoms with E-state index in [1.54, 1.807) is 6.07 Å². The van der Waals surface area contributed by atoms with Crippen LogP contribution in [0.2, 0.25) is 0 Å². The van der Waals surface area contributed by atoms with Gasteiger partial charge >= 0.3 is 12.1 Å². The zero-order valence-electron chi connectivity index (χ0n) is 29.1. The molecular weight excluding hydrogens is 697 g/mol. The smallest absolute Gasteiger partial charge is 0.348 e. The largest absolute Gasteiger partial charge is 0.461 e. The minimum Gasteiger partial charge on any atom is -0.348 e. The maximum Gasteiger partial charge on any atom is 0.461 e. The maximum atomic E-state index is 13.9. The molecule has 2 fully saturated rings. The first-order valence-electron chi connectivity index (χ1n) is 17.7. The molecule has 4 aromatic rings. The fourth-order valence-corrected chi connectivity index (χ4v) is 6.99. The third-order valence-electron chi connectivity index (χ3n) is 10.2. The summed E-state index contributed by atoms with van der Waals surface area (Å²) < 4.78 is 66.7. The zero-order chi connectivity index (χ0) is 37.9. The van der Waals surface area contributed by atoms with Gasteiger partial charge in [-0.3, -0.25) is 14.4 Å². The molecule has 2 atom stereocenters. The second-order valence-corrected chi connectivity index (χ2v) is 14.0. The number of nitrogens with two attached hydrogens (primary N) is 1. The monoisotopic (exact) mass is 739 g/mol. The lowest BCUT2D eigenvalue weighted by Gasteiger charge is -2.28. The third kappa shape index (κ3) is 8.68. The molecule has 1 aromatic heterocycles. The summed E-state index contributed by atoms with van der Waals surface area (Å²) in [6.07, 6.45) is -1.98. The number of amides is 3. The van der Waals surface area contributed by atoms with Crippen molar-refractivity contribution in [2.24, 2.45) is 17.6 Å². The van der Waals surface area contributed by atoms with E-state index in [1.807, 2.05) is 48.3 Å². The number of anilines is 1. The Kier molecular flexibility index (Phi) is 11.1. The molecule has 1 saturated heterocycles. The number of halogens is 5. The van der Waals surface area contributed by atoms with Gasteiger partial charge in [0.25, 0.3) is 5.91 Å². The standard InChI is InChI=1S/C38H42F5N7O3/c1-21-16-26(34(52)47-28-14-15-45-20-28)10-12-29(21)24-6-2-22(3-7-24)17-32(48-33(51)25-8-4-23(19-44)5-9-25)35(53)46-27-11-13-30-31(18-27)50-36(49-30)37(39,40)38(41,42)43/h2-3,6-7,10-13,16,18,23,25,28,32,45H,4-5,8-9,14-15,17,19-20,44H2,1H3,(H,46,53)(H,47,52)(H,48,51)(H,49,50). The van der Waals surface area contributed by atoms with Crippen LogP contribution in [0.1, 0.15) is 59.4 Å². The highest BCUT2D eigenvalue weighted by atomic mass is 19.4. The lowest BCUT2D eigenvalue weighted by atomic mass is 9.81. The van der Waals surface area contributed by atoms with Crippen LogP contribution in [0.5, 0.6) is 0 Å². The molecule has 2 heterocycles. The Bertz CT molecular complexity index is 1950. The second-order valence-electron chi connectivity index (χ2n) is 14.0. The third-order valence-corrected chi connectivity index (χ3v) is 10.2. The predicted octanol–water partition coefficient (Wildman–Crippen LogP) is 5.72. The number of carbonyl (C=O) groups excluding carboxylic acids is 3. The fourth-order valence-electron chi connectivity index (χ4n) is 6.99. The summed E-state index contributed by atoms with van der Waals surface area (Å²) in [7, 11) is 0. The Morgan fingerprint density at radius 3 is 2.32 bits per heavy atom. The number of H-pyrrole nitrogens is 1. The molecule has 2 unspecified atom stereocenters. The van der Waals surface area contributed by atoms with E-state index < -0.39 is 29.9 Å². The van der Waals surface area contributed by atoms with E-state index in [0.29, 0.717) is 30.9 Å². The van der Waals surface area contributed by atoms with Gasteiger partial charge in [0.2, 0.25) is 11.8 Å². The van der Waals surface area contributed by atoms with Crippen molar-refractivity contribution in [1.29, 1.82) is 0 Å². The molecule has 1 aliphatic heterocycles. The van der Waals surface area contributed by atoms with E-state index in [-0.39, 0.29) is 46.9 Å². The lowest BCUT2D eigenvalue weighted by molar-refractivity contribution is -0.292. The number of imidazole rings is 1. The lowest BCUT2D eigenvalue weighted by Crippen LogP contribution is -2.48. The molecule has 1 saturated carbocycles. The van der Waals surface area contributed by atoms with Crippen LogP contribution in [0.15, 0.2) is 60.7 Å². The number of nitrogens with zero attached hydrogens (tertiary/aromatic N) is 1. The van der Waals surface area contributed by atoms with Crippen molar-refractivity contribution in [3.63, 3.8) is 0 Å². The van der Waals surface area contributed by atoms with Crippen LogP contribution in [-0.2, 0) is 21.9 Å². The Hall–Kier alpha value is -4.89. The summed E-state index contributed by atoms with van der Waals surface area (Å²) in [5, 5.41) is 11.9. The Morgan fingerprint density at radius 2 is 1.68 bits per heavy atom. The molecule has 0 bridgehead atoms. The van der Waals surface area contributed by atoms with Crippen LogP contribution < -0.4 is 27.0 Å². The van der Waals surface area contributed by atoms with E-state index in [4.69, 9.17) is 5.73 Å². The van der Waals surface area contributed by atoms with Crippen molar-refractivity contribution >= 4 is 34.4 Å². The summed E-state index contributed by atoms with van der Waals surface area (Å²) >= 11 is 0. The molecule has 282 valence electrons. The number of alkyl halides is 5. The van der Waals surface area contributed by atoms with Gasteiger partial charge in [0.15, 0.2) is 5.82 Å². The molecule has 3 amide bonds. The first kappa shape index (κ1) is 37.9. The molecule has 6 rings (SSSR count). The van der Waals surface area contributed by atoms with Crippen LogP contribution >= 0.6 is 0 Å². The number of aryl methyl sites for hydroxylation is 1. The molecule has 10 nitrogen and oxygen atoms in total. The summed E-state index contributed by atoms with van der Waals surface area (Å²) in [5.74, 6) is -7.71. The van der Waals surface area contributed by atoms with Crippen molar-refractivity contribution in [2.45, 2.75) is 69.6 Å². The Labute approximate surface area is 302 Å². The first-order chi connectivity index (χ1) is 25.2. The molecule has 0 radical (unpaired) electrons. The van der Waals surface area contributed by atoms with Gasteiger partial charge in [-0.25, -0.2) is 4.98 Å². The molecule has 1 aliphatic carbocycles. The van der Waals surface area contributed by atoms with Crippen molar-refractivity contribution in [3.8, 4) is 11.1 Å². The highest BCUT2D eigenvalue weighted by Crippen LogP contribution is 2.43. The van der Waals surface area contributed by atoms with Gasteiger partial charge in [-0.1, -0.05) is 30.3 Å². The predicted molar refractivity (Wildman–Crippen MR) is 190 cm³/mol. The summed E-state index contributed by atoms with van der Waals surface area (Å²) in [5.41, 5.74) is 9.69. The second kappa shape index (κ2) is 15.6. The number of fused-ring (bicyclic) bond motifs is 1. The SMILES string of the molecule is Cc1cc(C(=O)NC2CCNC2)ccc1-c1ccc(CC(NC(=O)C2CCC(CN)CC2)C(=O)Nc2ccc3nc(C(F)(F)C(F)(F)F)[nH]c3c2)cc1.